The van der Waals surface area contributed by atoms with Gasteiger partial charge in [0.1, 0.15) is 4.90 Å². The summed E-state index contributed by atoms with van der Waals surface area (Å²) in [5.41, 5.74) is 0. The standard InChI is InChI=1S/C14H25BrN2O2S2/c1-5-7-11(6-2)17-21(18,19)13-8-12(20-14(13)15)9-16-10(3)4/h8,10-11,16-17H,5-7,9H2,1-4H3. The van der Waals surface area contributed by atoms with E-state index in [0.717, 1.165) is 24.1 Å². The van der Waals surface area contributed by atoms with Crippen molar-refractivity contribution in [2.24, 2.45) is 0 Å². The van der Waals surface area contributed by atoms with E-state index < -0.39 is 10.0 Å². The molecule has 0 amide bonds. The predicted molar refractivity (Wildman–Crippen MR) is 93.3 cm³/mol. The van der Waals surface area contributed by atoms with E-state index in [2.05, 4.69) is 46.7 Å². The Balaban J connectivity index is 2.87. The number of sulfonamides is 1. The van der Waals surface area contributed by atoms with Crippen molar-refractivity contribution in [2.45, 2.75) is 70.5 Å². The Morgan fingerprint density at radius 1 is 1.33 bits per heavy atom. The molecule has 0 fully saturated rings. The number of halogens is 1. The molecule has 0 spiro atoms. The molecule has 0 aliphatic heterocycles. The molecule has 0 bridgehead atoms. The molecule has 1 aromatic heterocycles. The zero-order chi connectivity index (χ0) is 16.0. The van der Waals surface area contributed by atoms with Gasteiger partial charge in [0, 0.05) is 23.5 Å². The fraction of sp³-hybridized carbons (Fsp3) is 0.714. The van der Waals surface area contributed by atoms with Crippen LogP contribution in [0.15, 0.2) is 14.7 Å². The molecule has 1 rings (SSSR count). The average Bonchev–Trinajstić information content (AvgIpc) is 2.77. The smallest absolute Gasteiger partial charge is 0.242 e. The van der Waals surface area contributed by atoms with Crippen LogP contribution in [0.3, 0.4) is 0 Å². The third-order valence-corrected chi connectivity index (χ3v) is 6.90. The first kappa shape index (κ1) is 19.1. The number of nitrogens with one attached hydrogen (secondary N) is 2. The number of rotatable bonds is 9. The Morgan fingerprint density at radius 3 is 2.52 bits per heavy atom. The summed E-state index contributed by atoms with van der Waals surface area (Å²) in [5.74, 6) is 0. The van der Waals surface area contributed by atoms with Gasteiger partial charge in [-0.05, 0) is 34.8 Å². The van der Waals surface area contributed by atoms with Crippen molar-refractivity contribution < 1.29 is 8.42 Å². The molecule has 1 aromatic rings. The SMILES string of the molecule is CCCC(CC)NS(=O)(=O)c1cc(CNC(C)C)sc1Br. The van der Waals surface area contributed by atoms with E-state index in [1.807, 2.05) is 6.92 Å². The lowest BCUT2D eigenvalue weighted by atomic mass is 10.1. The fourth-order valence-corrected chi connectivity index (χ4v) is 5.94. The van der Waals surface area contributed by atoms with E-state index in [4.69, 9.17) is 0 Å². The minimum atomic E-state index is -3.46. The summed E-state index contributed by atoms with van der Waals surface area (Å²) in [7, 11) is -3.46. The molecule has 1 atom stereocenters. The zero-order valence-electron chi connectivity index (χ0n) is 13.1. The first-order chi connectivity index (χ1) is 9.80. The first-order valence-electron chi connectivity index (χ1n) is 7.34. The second kappa shape index (κ2) is 8.62. The Labute approximate surface area is 140 Å². The summed E-state index contributed by atoms with van der Waals surface area (Å²) in [5, 5.41) is 3.30. The first-order valence-corrected chi connectivity index (χ1v) is 10.4. The van der Waals surface area contributed by atoms with Crippen LogP contribution in [0, 0.1) is 0 Å². The largest absolute Gasteiger partial charge is 0.310 e. The molecular formula is C14H25BrN2O2S2. The van der Waals surface area contributed by atoms with Crippen molar-refractivity contribution in [2.75, 3.05) is 0 Å². The molecule has 0 saturated carbocycles. The molecule has 2 N–H and O–H groups in total. The van der Waals surface area contributed by atoms with Crippen LogP contribution < -0.4 is 10.0 Å². The van der Waals surface area contributed by atoms with E-state index >= 15 is 0 Å². The van der Waals surface area contributed by atoms with Gasteiger partial charge in [0.25, 0.3) is 0 Å². The minimum absolute atomic E-state index is 0.00374. The second-order valence-corrected chi connectivity index (χ2v) is 9.54. The lowest BCUT2D eigenvalue weighted by molar-refractivity contribution is 0.512. The lowest BCUT2D eigenvalue weighted by Gasteiger charge is -2.15. The van der Waals surface area contributed by atoms with E-state index in [9.17, 15) is 8.42 Å². The molecule has 0 aromatic carbocycles. The van der Waals surface area contributed by atoms with Crippen LogP contribution in [0.4, 0.5) is 0 Å². The van der Waals surface area contributed by atoms with E-state index in [1.165, 1.54) is 11.3 Å². The maximum absolute atomic E-state index is 12.5. The summed E-state index contributed by atoms with van der Waals surface area (Å²) in [4.78, 5) is 1.36. The molecule has 0 saturated heterocycles. The van der Waals surface area contributed by atoms with Crippen molar-refractivity contribution >= 4 is 37.3 Å². The highest BCUT2D eigenvalue weighted by Gasteiger charge is 2.23. The third-order valence-electron chi connectivity index (χ3n) is 3.13. The van der Waals surface area contributed by atoms with E-state index in [1.54, 1.807) is 6.07 Å². The highest BCUT2D eigenvalue weighted by Crippen LogP contribution is 2.32. The highest BCUT2D eigenvalue weighted by atomic mass is 79.9. The van der Waals surface area contributed by atoms with Crippen molar-refractivity contribution in [1.82, 2.24) is 10.0 Å². The molecule has 4 nitrogen and oxygen atoms in total. The summed E-state index contributed by atoms with van der Waals surface area (Å²) < 4.78 is 28.5. The van der Waals surface area contributed by atoms with Crippen LogP contribution >= 0.6 is 27.3 Å². The van der Waals surface area contributed by atoms with Gasteiger partial charge in [0.2, 0.25) is 10.0 Å². The van der Waals surface area contributed by atoms with Crippen molar-refractivity contribution in [3.05, 3.63) is 14.7 Å². The van der Waals surface area contributed by atoms with Gasteiger partial charge in [-0.25, -0.2) is 13.1 Å². The number of hydrogen-bond donors (Lipinski definition) is 2. The Kier molecular flexibility index (Phi) is 7.84. The van der Waals surface area contributed by atoms with Gasteiger partial charge in [-0.2, -0.15) is 0 Å². The molecule has 1 heterocycles. The monoisotopic (exact) mass is 396 g/mol. The van der Waals surface area contributed by atoms with Gasteiger partial charge < -0.3 is 5.32 Å². The highest BCUT2D eigenvalue weighted by molar-refractivity contribution is 9.11. The second-order valence-electron chi connectivity index (χ2n) is 5.40. The summed E-state index contributed by atoms with van der Waals surface area (Å²) in [6.45, 7) is 8.89. The molecule has 0 aliphatic carbocycles. The zero-order valence-corrected chi connectivity index (χ0v) is 16.3. The van der Waals surface area contributed by atoms with Gasteiger partial charge in [-0.15, -0.1) is 11.3 Å². The lowest BCUT2D eigenvalue weighted by Crippen LogP contribution is -2.34. The topological polar surface area (TPSA) is 58.2 Å². The molecule has 0 radical (unpaired) electrons. The molecule has 122 valence electrons. The number of thiophene rings is 1. The van der Waals surface area contributed by atoms with Gasteiger partial charge >= 0.3 is 0 Å². The summed E-state index contributed by atoms with van der Waals surface area (Å²) >= 11 is 4.85. The van der Waals surface area contributed by atoms with E-state index in [-0.39, 0.29) is 6.04 Å². The predicted octanol–water partition coefficient (Wildman–Crippen LogP) is 3.87. The summed E-state index contributed by atoms with van der Waals surface area (Å²) in [6, 6.07) is 2.13. The van der Waals surface area contributed by atoms with Crippen LogP contribution in [0.5, 0.6) is 0 Å². The average molecular weight is 397 g/mol. The van der Waals surface area contributed by atoms with Crippen molar-refractivity contribution in [3.8, 4) is 0 Å². The van der Waals surface area contributed by atoms with Crippen LogP contribution in [0.2, 0.25) is 0 Å². The molecule has 21 heavy (non-hydrogen) atoms. The van der Waals surface area contributed by atoms with E-state index in [0.29, 0.717) is 21.3 Å². The van der Waals surface area contributed by atoms with Gasteiger partial charge in [0.15, 0.2) is 0 Å². The normalized spacial score (nSPS) is 13.8. The Morgan fingerprint density at radius 2 is 2.00 bits per heavy atom. The molecule has 0 aliphatic rings. The van der Waals surface area contributed by atoms with Gasteiger partial charge in [0.05, 0.1) is 3.79 Å². The quantitative estimate of drug-likeness (QED) is 0.665. The van der Waals surface area contributed by atoms with Crippen LogP contribution in [-0.4, -0.2) is 20.5 Å². The fourth-order valence-electron chi connectivity index (χ4n) is 1.95. The number of hydrogen-bond acceptors (Lipinski definition) is 4. The van der Waals surface area contributed by atoms with Crippen LogP contribution in [0.25, 0.3) is 0 Å². The Hall–Kier alpha value is 0.0500. The van der Waals surface area contributed by atoms with Crippen LogP contribution in [-0.2, 0) is 16.6 Å². The Bertz CT molecular complexity index is 541. The third kappa shape index (κ3) is 5.98. The van der Waals surface area contributed by atoms with Gasteiger partial charge in [-0.1, -0.05) is 34.1 Å². The molecule has 7 heteroatoms. The van der Waals surface area contributed by atoms with Crippen molar-refractivity contribution in [1.29, 1.82) is 0 Å². The van der Waals surface area contributed by atoms with Gasteiger partial charge in [-0.3, -0.25) is 0 Å². The molecular weight excluding hydrogens is 372 g/mol. The summed E-state index contributed by atoms with van der Waals surface area (Å²) in [6.07, 6.45) is 2.63. The molecule has 1 unspecified atom stereocenters. The maximum atomic E-state index is 12.5. The van der Waals surface area contributed by atoms with Crippen LogP contribution in [0.1, 0.15) is 51.8 Å². The van der Waals surface area contributed by atoms with Crippen molar-refractivity contribution in [3.63, 3.8) is 0 Å². The maximum Gasteiger partial charge on any atom is 0.242 e. The minimum Gasteiger partial charge on any atom is -0.310 e.